The third-order valence-corrected chi connectivity index (χ3v) is 3.76. The van der Waals surface area contributed by atoms with E-state index in [4.69, 9.17) is 4.74 Å². The van der Waals surface area contributed by atoms with Gasteiger partial charge in [0, 0.05) is 32.4 Å². The number of pyridine rings is 1. The maximum Gasteiger partial charge on any atom is 0.338 e. The SMILES string of the molecule is COC(=O)c1ccn2nc(CN3CCN(C)CC3)nc2c1. The van der Waals surface area contributed by atoms with E-state index in [0.717, 1.165) is 38.5 Å². The number of carbonyl (C=O) groups is 1. The fraction of sp³-hybridized carbons (Fsp3) is 0.500. The van der Waals surface area contributed by atoms with Crippen molar-refractivity contribution in [3.05, 3.63) is 29.7 Å². The number of ether oxygens (including phenoxy) is 1. The minimum Gasteiger partial charge on any atom is -0.465 e. The van der Waals surface area contributed by atoms with E-state index >= 15 is 0 Å². The Kier molecular flexibility index (Phi) is 3.85. The van der Waals surface area contributed by atoms with Crippen molar-refractivity contribution >= 4 is 11.6 Å². The first-order valence-electron chi connectivity index (χ1n) is 7.00. The normalized spacial score (nSPS) is 17.2. The van der Waals surface area contributed by atoms with Gasteiger partial charge in [-0.05, 0) is 19.2 Å². The van der Waals surface area contributed by atoms with E-state index in [0.29, 0.717) is 11.2 Å². The molecule has 0 unspecified atom stereocenters. The number of rotatable bonds is 3. The highest BCUT2D eigenvalue weighted by atomic mass is 16.5. The van der Waals surface area contributed by atoms with E-state index in [-0.39, 0.29) is 5.97 Å². The smallest absolute Gasteiger partial charge is 0.338 e. The first kappa shape index (κ1) is 14.0. The molecule has 0 aromatic carbocycles. The molecule has 0 amide bonds. The van der Waals surface area contributed by atoms with Crippen LogP contribution in [0, 0.1) is 0 Å². The summed E-state index contributed by atoms with van der Waals surface area (Å²) in [7, 11) is 3.50. The summed E-state index contributed by atoms with van der Waals surface area (Å²) >= 11 is 0. The van der Waals surface area contributed by atoms with Crippen LogP contribution < -0.4 is 0 Å². The van der Waals surface area contributed by atoms with Crippen molar-refractivity contribution in [2.24, 2.45) is 0 Å². The van der Waals surface area contributed by atoms with Crippen molar-refractivity contribution in [1.29, 1.82) is 0 Å². The maximum atomic E-state index is 11.5. The summed E-state index contributed by atoms with van der Waals surface area (Å²) in [6, 6.07) is 3.39. The van der Waals surface area contributed by atoms with Crippen LogP contribution in [-0.2, 0) is 11.3 Å². The van der Waals surface area contributed by atoms with E-state index in [1.165, 1.54) is 7.11 Å². The van der Waals surface area contributed by atoms with E-state index in [1.54, 1.807) is 22.8 Å². The van der Waals surface area contributed by atoms with Gasteiger partial charge >= 0.3 is 5.97 Å². The standard InChI is InChI=1S/C14H19N5O2/c1-17-5-7-18(8-6-17)10-12-15-13-9-11(14(20)21-2)3-4-19(13)16-12/h3-4,9H,5-8,10H2,1-2H3. The van der Waals surface area contributed by atoms with Gasteiger partial charge in [-0.25, -0.2) is 14.3 Å². The van der Waals surface area contributed by atoms with Gasteiger partial charge in [0.15, 0.2) is 11.5 Å². The van der Waals surface area contributed by atoms with Crippen LogP contribution in [-0.4, -0.2) is 70.7 Å². The summed E-state index contributed by atoms with van der Waals surface area (Å²) in [6.07, 6.45) is 1.74. The second-order valence-electron chi connectivity index (χ2n) is 5.32. The van der Waals surface area contributed by atoms with E-state index in [9.17, 15) is 4.79 Å². The number of nitrogens with zero attached hydrogens (tertiary/aromatic N) is 5. The minimum atomic E-state index is -0.360. The molecule has 0 spiro atoms. The van der Waals surface area contributed by atoms with Crippen molar-refractivity contribution in [2.75, 3.05) is 40.3 Å². The molecule has 0 atom stereocenters. The number of hydrogen-bond donors (Lipinski definition) is 0. The van der Waals surface area contributed by atoms with Crippen LogP contribution in [0.25, 0.3) is 5.65 Å². The van der Waals surface area contributed by atoms with Crippen LogP contribution in [0.4, 0.5) is 0 Å². The summed E-state index contributed by atoms with van der Waals surface area (Å²) in [5.41, 5.74) is 1.16. The fourth-order valence-electron chi connectivity index (χ4n) is 2.45. The van der Waals surface area contributed by atoms with Gasteiger partial charge in [0.05, 0.1) is 19.2 Å². The molecule has 7 heteroatoms. The Balaban J connectivity index is 1.76. The molecule has 2 aromatic heterocycles. The van der Waals surface area contributed by atoms with Crippen molar-refractivity contribution in [3.63, 3.8) is 0 Å². The lowest BCUT2D eigenvalue weighted by atomic mass is 10.3. The summed E-state index contributed by atoms with van der Waals surface area (Å²) in [4.78, 5) is 20.7. The third-order valence-electron chi connectivity index (χ3n) is 3.76. The lowest BCUT2D eigenvalue weighted by Crippen LogP contribution is -2.44. The molecule has 0 aliphatic carbocycles. The molecule has 1 saturated heterocycles. The van der Waals surface area contributed by atoms with E-state index in [1.807, 2.05) is 0 Å². The van der Waals surface area contributed by atoms with Crippen molar-refractivity contribution < 1.29 is 9.53 Å². The van der Waals surface area contributed by atoms with Gasteiger partial charge in [-0.1, -0.05) is 0 Å². The van der Waals surface area contributed by atoms with Crippen LogP contribution >= 0.6 is 0 Å². The molecule has 1 aliphatic heterocycles. The Morgan fingerprint density at radius 1 is 1.33 bits per heavy atom. The second-order valence-corrected chi connectivity index (χ2v) is 5.32. The van der Waals surface area contributed by atoms with E-state index < -0.39 is 0 Å². The van der Waals surface area contributed by atoms with Gasteiger partial charge in [0.1, 0.15) is 0 Å². The molecule has 3 rings (SSSR count). The molecule has 112 valence electrons. The summed E-state index contributed by atoms with van der Waals surface area (Å²) < 4.78 is 6.41. The quantitative estimate of drug-likeness (QED) is 0.756. The zero-order valence-corrected chi connectivity index (χ0v) is 12.3. The number of piperazine rings is 1. The molecule has 7 nitrogen and oxygen atoms in total. The maximum absolute atomic E-state index is 11.5. The van der Waals surface area contributed by atoms with Crippen LogP contribution in [0.1, 0.15) is 16.2 Å². The predicted molar refractivity (Wildman–Crippen MR) is 77.1 cm³/mol. The lowest BCUT2D eigenvalue weighted by molar-refractivity contribution is 0.0600. The molecular weight excluding hydrogens is 270 g/mol. The Morgan fingerprint density at radius 2 is 2.10 bits per heavy atom. The highest BCUT2D eigenvalue weighted by molar-refractivity contribution is 5.90. The van der Waals surface area contributed by atoms with Gasteiger partial charge in [0.2, 0.25) is 0 Å². The first-order chi connectivity index (χ1) is 10.2. The third kappa shape index (κ3) is 3.03. The Bertz CT molecular complexity index is 646. The molecule has 21 heavy (non-hydrogen) atoms. The zero-order valence-electron chi connectivity index (χ0n) is 12.3. The fourth-order valence-corrected chi connectivity index (χ4v) is 2.45. The van der Waals surface area contributed by atoms with Gasteiger partial charge < -0.3 is 9.64 Å². The highest BCUT2D eigenvalue weighted by Crippen LogP contribution is 2.09. The number of esters is 1. The monoisotopic (exact) mass is 289 g/mol. The average molecular weight is 289 g/mol. The molecule has 1 aliphatic rings. The number of fused-ring (bicyclic) bond motifs is 1. The van der Waals surface area contributed by atoms with Gasteiger partial charge in [-0.2, -0.15) is 0 Å². The largest absolute Gasteiger partial charge is 0.465 e. The van der Waals surface area contributed by atoms with Crippen molar-refractivity contribution in [2.45, 2.75) is 6.54 Å². The number of hydrogen-bond acceptors (Lipinski definition) is 6. The molecule has 3 heterocycles. The molecule has 1 fully saturated rings. The summed E-state index contributed by atoms with van der Waals surface area (Å²) in [6.45, 7) is 4.93. The zero-order chi connectivity index (χ0) is 14.8. The van der Waals surface area contributed by atoms with Gasteiger partial charge in [-0.3, -0.25) is 4.90 Å². The molecule has 0 saturated carbocycles. The van der Waals surface area contributed by atoms with E-state index in [2.05, 4.69) is 26.9 Å². The molecule has 0 radical (unpaired) electrons. The average Bonchev–Trinajstić information content (AvgIpc) is 2.90. The van der Waals surface area contributed by atoms with Crippen LogP contribution in [0.3, 0.4) is 0 Å². The van der Waals surface area contributed by atoms with Gasteiger partial charge in [0.25, 0.3) is 0 Å². The highest BCUT2D eigenvalue weighted by Gasteiger charge is 2.16. The van der Waals surface area contributed by atoms with Crippen LogP contribution in [0.5, 0.6) is 0 Å². The minimum absolute atomic E-state index is 0.360. The summed E-state index contributed by atoms with van der Waals surface area (Å²) in [5.74, 6) is 0.419. The van der Waals surface area contributed by atoms with Gasteiger partial charge in [-0.15, -0.1) is 5.10 Å². The Morgan fingerprint density at radius 3 is 2.81 bits per heavy atom. The predicted octanol–water partition coefficient (Wildman–Crippen LogP) is 0.263. The lowest BCUT2D eigenvalue weighted by Gasteiger charge is -2.31. The Labute approximate surface area is 123 Å². The number of carbonyl (C=O) groups excluding carboxylic acids is 1. The van der Waals surface area contributed by atoms with Crippen molar-refractivity contribution in [1.82, 2.24) is 24.4 Å². The Hall–Kier alpha value is -1.99. The number of likely N-dealkylation sites (N-methyl/N-ethyl adjacent to an activating group) is 1. The number of methoxy groups -OCH3 is 1. The summed E-state index contributed by atoms with van der Waals surface area (Å²) in [5, 5.41) is 4.45. The second kappa shape index (κ2) is 5.79. The molecule has 0 bridgehead atoms. The topological polar surface area (TPSA) is 63.0 Å². The molecule has 2 aromatic rings. The molecule has 0 N–H and O–H groups in total. The first-order valence-corrected chi connectivity index (χ1v) is 7.00. The molecular formula is C14H19N5O2. The van der Waals surface area contributed by atoms with Crippen molar-refractivity contribution in [3.8, 4) is 0 Å². The number of aromatic nitrogens is 3. The van der Waals surface area contributed by atoms with Crippen LogP contribution in [0.2, 0.25) is 0 Å². The van der Waals surface area contributed by atoms with Crippen LogP contribution in [0.15, 0.2) is 18.3 Å².